The van der Waals surface area contributed by atoms with Crippen LogP contribution in [-0.4, -0.2) is 81.5 Å². The molecule has 0 fully saturated rings. The van der Waals surface area contributed by atoms with E-state index in [9.17, 15) is 19.2 Å². The van der Waals surface area contributed by atoms with E-state index in [0.717, 1.165) is 12.0 Å². The molecule has 0 saturated carbocycles. The van der Waals surface area contributed by atoms with Crippen LogP contribution in [0.3, 0.4) is 0 Å². The highest BCUT2D eigenvalue weighted by atomic mass is 16.5. The lowest BCUT2D eigenvalue weighted by molar-refractivity contribution is -0.140. The first kappa shape index (κ1) is 32.3. The van der Waals surface area contributed by atoms with Gasteiger partial charge in [0.1, 0.15) is 0 Å². The molecule has 0 unspecified atom stereocenters. The highest BCUT2D eigenvalue weighted by Crippen LogP contribution is 2.10. The summed E-state index contributed by atoms with van der Waals surface area (Å²) in [4.78, 5) is 50.3. The first-order valence-corrected chi connectivity index (χ1v) is 12.8. The number of carbonyl (C=O) groups excluding carboxylic acids is 4. The van der Waals surface area contributed by atoms with Crippen molar-refractivity contribution in [3.63, 3.8) is 0 Å². The second kappa shape index (κ2) is 19.4. The van der Waals surface area contributed by atoms with Gasteiger partial charge in [-0.25, -0.2) is 10.9 Å². The van der Waals surface area contributed by atoms with E-state index >= 15 is 0 Å². The SMILES string of the molecule is CCCOCCOCCNC(=O)CNN[C@@H](CC(C)C)C(=O)C(=O)[C@H](Cc1ccccc1)NC(=O)CN. The van der Waals surface area contributed by atoms with E-state index in [-0.39, 0.29) is 31.3 Å². The second-order valence-corrected chi connectivity index (χ2v) is 9.00. The molecule has 11 heteroatoms. The number of nitrogens with one attached hydrogen (secondary N) is 4. The van der Waals surface area contributed by atoms with Crippen LogP contribution < -0.4 is 27.2 Å². The summed E-state index contributed by atoms with van der Waals surface area (Å²) in [5.74, 6) is -2.14. The molecule has 11 nitrogen and oxygen atoms in total. The van der Waals surface area contributed by atoms with Crippen molar-refractivity contribution < 1.29 is 28.7 Å². The third-order valence-corrected chi connectivity index (χ3v) is 5.20. The Morgan fingerprint density at radius 3 is 2.16 bits per heavy atom. The van der Waals surface area contributed by atoms with Gasteiger partial charge in [0.2, 0.25) is 23.4 Å². The van der Waals surface area contributed by atoms with Gasteiger partial charge in [-0.3, -0.25) is 19.2 Å². The lowest BCUT2D eigenvalue weighted by Crippen LogP contribution is -2.55. The Balaban J connectivity index is 2.60. The second-order valence-electron chi connectivity index (χ2n) is 9.00. The van der Waals surface area contributed by atoms with Crippen molar-refractivity contribution in [1.82, 2.24) is 21.5 Å². The predicted octanol–water partition coefficient (Wildman–Crippen LogP) is -0.121. The Labute approximate surface area is 219 Å². The van der Waals surface area contributed by atoms with E-state index in [1.165, 1.54) is 0 Å². The maximum absolute atomic E-state index is 13.1. The van der Waals surface area contributed by atoms with Crippen molar-refractivity contribution in [1.29, 1.82) is 0 Å². The minimum absolute atomic E-state index is 0.0922. The van der Waals surface area contributed by atoms with Gasteiger partial charge in [-0.15, -0.1) is 0 Å². The van der Waals surface area contributed by atoms with Gasteiger partial charge in [-0.2, -0.15) is 0 Å². The molecule has 0 aliphatic heterocycles. The van der Waals surface area contributed by atoms with Crippen LogP contribution in [0.15, 0.2) is 30.3 Å². The normalized spacial score (nSPS) is 12.7. The first-order valence-electron chi connectivity index (χ1n) is 12.8. The number of rotatable bonds is 21. The average molecular weight is 522 g/mol. The Bertz CT molecular complexity index is 821. The fraction of sp³-hybridized carbons (Fsp3) is 0.615. The van der Waals surface area contributed by atoms with Gasteiger partial charge in [0.15, 0.2) is 0 Å². The van der Waals surface area contributed by atoms with Gasteiger partial charge in [-0.1, -0.05) is 51.1 Å². The average Bonchev–Trinajstić information content (AvgIpc) is 2.88. The number of amides is 2. The van der Waals surface area contributed by atoms with Crippen LogP contribution in [0.25, 0.3) is 0 Å². The van der Waals surface area contributed by atoms with Crippen LogP contribution in [0.5, 0.6) is 0 Å². The monoisotopic (exact) mass is 521 g/mol. The van der Waals surface area contributed by atoms with Crippen molar-refractivity contribution in [2.75, 3.05) is 46.1 Å². The fourth-order valence-corrected chi connectivity index (χ4v) is 3.40. The molecule has 1 aromatic carbocycles. The van der Waals surface area contributed by atoms with Crippen LogP contribution in [0.2, 0.25) is 0 Å². The molecule has 0 bridgehead atoms. The largest absolute Gasteiger partial charge is 0.379 e. The van der Waals surface area contributed by atoms with Gasteiger partial charge in [0.25, 0.3) is 0 Å². The molecule has 2 amide bonds. The van der Waals surface area contributed by atoms with E-state index < -0.39 is 29.6 Å². The molecule has 37 heavy (non-hydrogen) atoms. The van der Waals surface area contributed by atoms with Gasteiger partial charge >= 0.3 is 0 Å². The van der Waals surface area contributed by atoms with Gasteiger partial charge in [0, 0.05) is 19.6 Å². The summed E-state index contributed by atoms with van der Waals surface area (Å²) in [7, 11) is 0. The van der Waals surface area contributed by atoms with Gasteiger partial charge < -0.3 is 25.8 Å². The predicted molar refractivity (Wildman–Crippen MR) is 140 cm³/mol. The Kier molecular flexibility index (Phi) is 17.0. The number of hydrogen-bond acceptors (Lipinski definition) is 9. The number of nitrogens with two attached hydrogens (primary N) is 1. The molecule has 1 aromatic rings. The molecule has 0 spiro atoms. The van der Waals surface area contributed by atoms with Crippen molar-refractivity contribution in [3.05, 3.63) is 35.9 Å². The summed E-state index contributed by atoms with van der Waals surface area (Å²) in [6.07, 6.45) is 1.47. The number of ether oxygens (including phenoxy) is 2. The standard InChI is InChI=1S/C26H43N5O6/c1-4-11-36-13-14-37-12-10-28-24(33)18-29-31-22(15-19(2)3)26(35)25(34)21(30-23(32)17-27)16-20-8-6-5-7-9-20/h5-9,19,21-22,29,31H,4,10-18,27H2,1-3H3,(H,28,33)(H,30,32)/t21-,22-/m0/s1. The number of Topliss-reactive ketones (excluding diaryl/α,β-unsaturated/α-hetero) is 2. The first-order chi connectivity index (χ1) is 17.8. The van der Waals surface area contributed by atoms with E-state index in [4.69, 9.17) is 15.2 Å². The van der Waals surface area contributed by atoms with Crippen molar-refractivity contribution >= 4 is 23.4 Å². The van der Waals surface area contributed by atoms with Crippen molar-refractivity contribution in [3.8, 4) is 0 Å². The van der Waals surface area contributed by atoms with E-state index in [2.05, 4.69) is 21.5 Å². The quantitative estimate of drug-likeness (QED) is 0.0844. The summed E-state index contributed by atoms with van der Waals surface area (Å²) in [6, 6.07) is 7.18. The van der Waals surface area contributed by atoms with E-state index in [0.29, 0.717) is 39.4 Å². The van der Waals surface area contributed by atoms with Crippen LogP contribution in [0.4, 0.5) is 0 Å². The Morgan fingerprint density at radius 1 is 0.892 bits per heavy atom. The maximum atomic E-state index is 13.1. The molecule has 0 saturated heterocycles. The van der Waals surface area contributed by atoms with E-state index in [1.807, 2.05) is 51.1 Å². The van der Waals surface area contributed by atoms with Crippen LogP contribution in [0, 0.1) is 5.92 Å². The lowest BCUT2D eigenvalue weighted by atomic mass is 9.93. The third-order valence-electron chi connectivity index (χ3n) is 5.20. The molecule has 2 atom stereocenters. The number of hydrazine groups is 1. The van der Waals surface area contributed by atoms with Crippen LogP contribution in [0.1, 0.15) is 39.2 Å². The van der Waals surface area contributed by atoms with Gasteiger partial charge in [-0.05, 0) is 24.3 Å². The Morgan fingerprint density at radius 2 is 1.54 bits per heavy atom. The summed E-state index contributed by atoms with van der Waals surface area (Å²) in [6.45, 7) is 7.83. The minimum atomic E-state index is -1.04. The van der Waals surface area contributed by atoms with Crippen LogP contribution in [-0.2, 0) is 35.1 Å². The van der Waals surface area contributed by atoms with Crippen LogP contribution >= 0.6 is 0 Å². The topological polar surface area (TPSA) is 161 Å². The maximum Gasteiger partial charge on any atom is 0.235 e. The van der Waals surface area contributed by atoms with Crippen molar-refractivity contribution in [2.24, 2.45) is 11.7 Å². The molecular weight excluding hydrogens is 478 g/mol. The minimum Gasteiger partial charge on any atom is -0.379 e. The summed E-state index contributed by atoms with van der Waals surface area (Å²) in [5.41, 5.74) is 11.8. The smallest absolute Gasteiger partial charge is 0.235 e. The number of benzene rings is 1. The fourth-order valence-electron chi connectivity index (χ4n) is 3.40. The summed E-state index contributed by atoms with van der Waals surface area (Å²) >= 11 is 0. The zero-order valence-corrected chi connectivity index (χ0v) is 22.2. The molecule has 208 valence electrons. The highest BCUT2D eigenvalue weighted by Gasteiger charge is 2.32. The van der Waals surface area contributed by atoms with Crippen molar-refractivity contribution in [2.45, 2.75) is 52.1 Å². The Hall–Kier alpha value is -2.70. The molecule has 1 rings (SSSR count). The molecule has 6 N–H and O–H groups in total. The zero-order valence-electron chi connectivity index (χ0n) is 22.2. The van der Waals surface area contributed by atoms with E-state index in [1.54, 1.807) is 0 Å². The zero-order chi connectivity index (χ0) is 27.5. The molecule has 0 heterocycles. The highest BCUT2D eigenvalue weighted by molar-refractivity contribution is 6.41. The van der Waals surface area contributed by atoms with Gasteiger partial charge in [0.05, 0.1) is 45.0 Å². The molecule has 0 aromatic heterocycles. The summed E-state index contributed by atoms with van der Waals surface area (Å²) in [5, 5.41) is 5.27. The number of ketones is 2. The lowest BCUT2D eigenvalue weighted by Gasteiger charge is -2.23. The molecule has 0 aliphatic rings. The molecule has 0 radical (unpaired) electrons. The molecular formula is C26H43N5O6. The number of hydrogen-bond donors (Lipinski definition) is 5. The third kappa shape index (κ3) is 14.6. The molecule has 0 aliphatic carbocycles. The summed E-state index contributed by atoms with van der Waals surface area (Å²) < 4.78 is 10.7. The number of carbonyl (C=O) groups is 4.